The van der Waals surface area contributed by atoms with Crippen LogP contribution in [0.1, 0.15) is 20.8 Å². The summed E-state index contributed by atoms with van der Waals surface area (Å²) in [6, 6.07) is 8.52. The van der Waals surface area contributed by atoms with E-state index in [0.717, 1.165) is 13.2 Å². The van der Waals surface area contributed by atoms with Crippen LogP contribution in [0.25, 0.3) is 0 Å². The van der Waals surface area contributed by atoms with Crippen LogP contribution in [0.2, 0.25) is 18.1 Å². The second kappa shape index (κ2) is 5.50. The monoisotopic (exact) mass is 295 g/mol. The van der Waals surface area contributed by atoms with E-state index in [9.17, 15) is 0 Å². The highest BCUT2D eigenvalue weighted by Crippen LogP contribution is 2.39. The maximum Gasteiger partial charge on any atom is 0.192 e. The topological polar surface area (TPSA) is 21.3 Å². The van der Waals surface area contributed by atoms with Crippen molar-refractivity contribution in [3.05, 3.63) is 24.3 Å². The number of rotatable bonds is 3. The van der Waals surface area contributed by atoms with Crippen molar-refractivity contribution in [1.82, 2.24) is 0 Å². The number of nitrogens with one attached hydrogen (secondary N) is 1. The van der Waals surface area contributed by atoms with Crippen molar-refractivity contribution in [3.63, 3.8) is 0 Å². The zero-order valence-electron chi connectivity index (χ0n) is 12.6. The Bertz CT molecular complexity index is 442. The van der Waals surface area contributed by atoms with E-state index in [0.29, 0.717) is 5.25 Å². The molecule has 0 bridgehead atoms. The van der Waals surface area contributed by atoms with E-state index in [2.05, 4.69) is 63.4 Å². The van der Waals surface area contributed by atoms with E-state index >= 15 is 0 Å². The molecule has 19 heavy (non-hydrogen) atoms. The maximum atomic E-state index is 6.33. The molecule has 1 heterocycles. The fourth-order valence-electron chi connectivity index (χ4n) is 1.77. The SMILES string of the molecule is CC(C)(C)[Si](C)(C)OCC1CNc2ccccc2S1. The molecule has 0 radical (unpaired) electrons. The highest BCUT2D eigenvalue weighted by molar-refractivity contribution is 8.00. The summed E-state index contributed by atoms with van der Waals surface area (Å²) in [4.78, 5) is 1.34. The Morgan fingerprint density at radius 1 is 1.32 bits per heavy atom. The van der Waals surface area contributed by atoms with Crippen molar-refractivity contribution in [2.45, 2.75) is 49.0 Å². The molecule has 0 fully saturated rings. The molecule has 4 heteroatoms. The van der Waals surface area contributed by atoms with E-state index in [1.807, 2.05) is 11.8 Å². The third kappa shape index (κ3) is 3.55. The first-order valence-corrected chi connectivity index (χ1v) is 10.7. The lowest BCUT2D eigenvalue weighted by Gasteiger charge is -2.37. The fraction of sp³-hybridized carbons (Fsp3) is 0.600. The summed E-state index contributed by atoms with van der Waals surface area (Å²) in [6.45, 7) is 13.4. The molecular weight excluding hydrogens is 270 g/mol. The normalized spacial score (nSPS) is 19.7. The lowest BCUT2D eigenvalue weighted by atomic mass is 10.2. The molecule has 2 nitrogen and oxygen atoms in total. The Hall–Kier alpha value is -0.453. The zero-order valence-corrected chi connectivity index (χ0v) is 14.4. The fourth-order valence-corrected chi connectivity index (χ4v) is 4.03. The van der Waals surface area contributed by atoms with Gasteiger partial charge in [-0.25, -0.2) is 0 Å². The molecule has 0 aromatic heterocycles. The van der Waals surface area contributed by atoms with E-state index in [4.69, 9.17) is 4.43 Å². The van der Waals surface area contributed by atoms with Gasteiger partial charge in [-0.1, -0.05) is 32.9 Å². The number of anilines is 1. The highest BCUT2D eigenvalue weighted by atomic mass is 32.2. The molecule has 0 amide bonds. The van der Waals surface area contributed by atoms with Crippen LogP contribution >= 0.6 is 11.8 Å². The van der Waals surface area contributed by atoms with Crippen molar-refractivity contribution < 1.29 is 4.43 Å². The van der Waals surface area contributed by atoms with Crippen LogP contribution in [0, 0.1) is 0 Å². The number of hydrogen-bond donors (Lipinski definition) is 1. The summed E-state index contributed by atoms with van der Waals surface area (Å²) in [6.07, 6.45) is 0. The Labute approximate surface area is 122 Å². The van der Waals surface area contributed by atoms with Crippen molar-refractivity contribution in [3.8, 4) is 0 Å². The van der Waals surface area contributed by atoms with Crippen LogP contribution in [0.15, 0.2) is 29.2 Å². The van der Waals surface area contributed by atoms with Gasteiger partial charge >= 0.3 is 0 Å². The van der Waals surface area contributed by atoms with Gasteiger partial charge in [0.05, 0.1) is 0 Å². The van der Waals surface area contributed by atoms with E-state index in [1.54, 1.807) is 0 Å². The van der Waals surface area contributed by atoms with Crippen LogP contribution < -0.4 is 5.32 Å². The van der Waals surface area contributed by atoms with Crippen LogP contribution in [-0.4, -0.2) is 26.7 Å². The Balaban J connectivity index is 1.93. The lowest BCUT2D eigenvalue weighted by Crippen LogP contribution is -2.43. The van der Waals surface area contributed by atoms with Crippen molar-refractivity contribution in [2.24, 2.45) is 0 Å². The predicted molar refractivity (Wildman–Crippen MR) is 87.7 cm³/mol. The molecule has 0 aliphatic carbocycles. The minimum atomic E-state index is -1.62. The first-order valence-electron chi connectivity index (χ1n) is 6.93. The first kappa shape index (κ1) is 14.9. The van der Waals surface area contributed by atoms with Gasteiger partial charge < -0.3 is 9.74 Å². The molecule has 1 unspecified atom stereocenters. The standard InChI is InChI=1S/C15H25NOSSi/c1-15(2,3)19(4,5)17-11-12-10-16-13-8-6-7-9-14(13)18-12/h6-9,12,16H,10-11H2,1-5H3. The van der Waals surface area contributed by atoms with E-state index in [1.165, 1.54) is 10.6 Å². The molecular formula is C15H25NOSSi. The number of para-hydroxylation sites is 1. The summed E-state index contributed by atoms with van der Waals surface area (Å²) in [5, 5.41) is 4.31. The maximum absolute atomic E-state index is 6.33. The van der Waals surface area contributed by atoms with Crippen LogP contribution in [0.5, 0.6) is 0 Å². The number of fused-ring (bicyclic) bond motifs is 1. The average molecular weight is 296 g/mol. The van der Waals surface area contributed by atoms with Gasteiger partial charge in [0.2, 0.25) is 0 Å². The van der Waals surface area contributed by atoms with Crippen molar-refractivity contribution in [1.29, 1.82) is 0 Å². The molecule has 2 rings (SSSR count). The minimum Gasteiger partial charge on any atom is -0.416 e. The van der Waals surface area contributed by atoms with Crippen LogP contribution in [-0.2, 0) is 4.43 Å². The van der Waals surface area contributed by atoms with E-state index in [-0.39, 0.29) is 5.04 Å². The third-order valence-corrected chi connectivity index (χ3v) is 9.88. The molecule has 1 aliphatic rings. The summed E-state index contributed by atoms with van der Waals surface area (Å²) in [7, 11) is -1.62. The van der Waals surface area contributed by atoms with Crippen molar-refractivity contribution >= 4 is 25.8 Å². The smallest absolute Gasteiger partial charge is 0.192 e. The van der Waals surface area contributed by atoms with Gasteiger partial charge in [0.1, 0.15) is 0 Å². The quantitative estimate of drug-likeness (QED) is 0.824. The first-order chi connectivity index (χ1) is 8.79. The highest BCUT2D eigenvalue weighted by Gasteiger charge is 2.37. The molecule has 0 saturated carbocycles. The molecule has 0 spiro atoms. The largest absolute Gasteiger partial charge is 0.416 e. The second-order valence-electron chi connectivity index (χ2n) is 6.69. The Morgan fingerprint density at radius 2 is 2.00 bits per heavy atom. The van der Waals surface area contributed by atoms with Gasteiger partial charge in [-0.05, 0) is 30.3 Å². The second-order valence-corrected chi connectivity index (χ2v) is 12.8. The average Bonchev–Trinajstić information content (AvgIpc) is 2.35. The van der Waals surface area contributed by atoms with Gasteiger partial charge in [-0.3, -0.25) is 0 Å². The molecule has 1 N–H and O–H groups in total. The van der Waals surface area contributed by atoms with Gasteiger partial charge in [0.25, 0.3) is 0 Å². The molecule has 1 aliphatic heterocycles. The summed E-state index contributed by atoms with van der Waals surface area (Å²) < 4.78 is 6.33. The van der Waals surface area contributed by atoms with Crippen LogP contribution in [0.4, 0.5) is 5.69 Å². The summed E-state index contributed by atoms with van der Waals surface area (Å²) >= 11 is 1.94. The minimum absolute atomic E-state index is 0.289. The summed E-state index contributed by atoms with van der Waals surface area (Å²) in [5.74, 6) is 0. The lowest BCUT2D eigenvalue weighted by molar-refractivity contribution is 0.290. The molecule has 106 valence electrons. The molecule has 1 aromatic carbocycles. The number of benzene rings is 1. The van der Waals surface area contributed by atoms with Crippen LogP contribution in [0.3, 0.4) is 0 Å². The van der Waals surface area contributed by atoms with E-state index < -0.39 is 8.32 Å². The Morgan fingerprint density at radius 3 is 2.68 bits per heavy atom. The van der Waals surface area contributed by atoms with Gasteiger partial charge in [-0.2, -0.15) is 0 Å². The number of thioether (sulfide) groups is 1. The van der Waals surface area contributed by atoms with Crippen molar-refractivity contribution in [2.75, 3.05) is 18.5 Å². The third-order valence-electron chi connectivity index (χ3n) is 4.14. The molecule has 1 atom stereocenters. The number of hydrogen-bond acceptors (Lipinski definition) is 3. The van der Waals surface area contributed by atoms with Gasteiger partial charge in [0.15, 0.2) is 8.32 Å². The zero-order chi connectivity index (χ0) is 14.1. The molecule has 0 saturated heterocycles. The van der Waals surface area contributed by atoms with Gasteiger partial charge in [0, 0.05) is 29.0 Å². The van der Waals surface area contributed by atoms with Gasteiger partial charge in [-0.15, -0.1) is 11.8 Å². The predicted octanol–water partition coefficient (Wildman–Crippen LogP) is 4.59. The molecule has 1 aromatic rings. The summed E-state index contributed by atoms with van der Waals surface area (Å²) in [5.41, 5.74) is 1.26. The Kier molecular flexibility index (Phi) is 4.33.